The first kappa shape index (κ1) is 18.6. The number of nitrogens with zero attached hydrogens (tertiary/aromatic N) is 2. The number of aromatic nitrogens is 2. The largest absolute Gasteiger partial charge is 0.394 e. The molecule has 0 saturated carbocycles. The molecule has 0 aliphatic carbocycles. The number of fused-ring (bicyclic) bond motifs is 1. The molecule has 3 aromatic rings. The summed E-state index contributed by atoms with van der Waals surface area (Å²) in [6.07, 6.45) is 0.901. The highest BCUT2D eigenvalue weighted by molar-refractivity contribution is 7.20. The zero-order chi connectivity index (χ0) is 18.8. The van der Waals surface area contributed by atoms with E-state index in [4.69, 9.17) is 4.98 Å². The molecule has 2 N–H and O–H groups in total. The average Bonchev–Trinajstić information content (AvgIpc) is 3.20. The van der Waals surface area contributed by atoms with Gasteiger partial charge in [-0.2, -0.15) is 0 Å². The molecule has 0 radical (unpaired) electrons. The highest BCUT2D eigenvalue weighted by Gasteiger charge is 2.19. The molecule has 0 aliphatic heterocycles. The lowest BCUT2D eigenvalue weighted by molar-refractivity contribution is 0.0891. The van der Waals surface area contributed by atoms with Crippen molar-refractivity contribution in [3.63, 3.8) is 0 Å². The number of nitrogens with one attached hydrogen (secondary N) is 1. The second-order valence-electron chi connectivity index (χ2n) is 6.78. The van der Waals surface area contributed by atoms with Crippen molar-refractivity contribution in [1.29, 1.82) is 0 Å². The number of carbonyl (C=O) groups is 1. The van der Waals surface area contributed by atoms with E-state index in [2.05, 4.69) is 42.8 Å². The van der Waals surface area contributed by atoms with Gasteiger partial charge in [0.05, 0.1) is 22.9 Å². The minimum Gasteiger partial charge on any atom is -0.394 e. The standard InChI is InChI=1S/C20H25N3O2S/c1-5-12(2)17(11-24)21-19(25)15-8-9-16-18(10-15)26-20(22-16)23-13(3)6-7-14(23)4/h6-10,12,17,24H,5,11H2,1-4H3,(H,21,25)/t12-,17+/m1/s1. The summed E-state index contributed by atoms with van der Waals surface area (Å²) in [7, 11) is 0. The molecule has 0 aliphatic rings. The van der Waals surface area contributed by atoms with Crippen molar-refractivity contribution in [2.75, 3.05) is 6.61 Å². The zero-order valence-electron chi connectivity index (χ0n) is 15.6. The normalized spacial score (nSPS) is 13.7. The minimum absolute atomic E-state index is 0.0557. The van der Waals surface area contributed by atoms with Crippen LogP contribution in [0.1, 0.15) is 42.0 Å². The van der Waals surface area contributed by atoms with Gasteiger partial charge >= 0.3 is 0 Å². The second kappa shape index (κ2) is 7.60. The number of hydrogen-bond acceptors (Lipinski definition) is 4. The van der Waals surface area contributed by atoms with E-state index in [0.717, 1.165) is 33.2 Å². The fourth-order valence-corrected chi connectivity index (χ4v) is 4.15. The second-order valence-corrected chi connectivity index (χ2v) is 7.79. The van der Waals surface area contributed by atoms with E-state index in [1.807, 2.05) is 19.1 Å². The molecule has 0 fully saturated rings. The van der Waals surface area contributed by atoms with Crippen LogP contribution < -0.4 is 5.32 Å². The van der Waals surface area contributed by atoms with E-state index in [9.17, 15) is 9.90 Å². The van der Waals surface area contributed by atoms with Gasteiger partial charge in [0.25, 0.3) is 5.91 Å². The monoisotopic (exact) mass is 371 g/mol. The molecule has 1 amide bonds. The minimum atomic E-state index is -0.231. The molecule has 1 aromatic carbocycles. The molecule has 6 heteroatoms. The molecule has 26 heavy (non-hydrogen) atoms. The van der Waals surface area contributed by atoms with Crippen LogP contribution in [0.2, 0.25) is 0 Å². The number of benzene rings is 1. The molecule has 3 rings (SSSR count). The molecule has 5 nitrogen and oxygen atoms in total. The van der Waals surface area contributed by atoms with Crippen LogP contribution >= 0.6 is 11.3 Å². The Morgan fingerprint density at radius 1 is 1.27 bits per heavy atom. The van der Waals surface area contributed by atoms with Crippen LogP contribution in [-0.2, 0) is 0 Å². The summed E-state index contributed by atoms with van der Waals surface area (Å²) in [4.78, 5) is 17.3. The van der Waals surface area contributed by atoms with E-state index in [1.54, 1.807) is 17.4 Å². The number of rotatable bonds is 6. The number of amides is 1. The van der Waals surface area contributed by atoms with Crippen molar-refractivity contribution >= 4 is 27.5 Å². The van der Waals surface area contributed by atoms with Crippen LogP contribution in [0.5, 0.6) is 0 Å². The van der Waals surface area contributed by atoms with E-state index < -0.39 is 0 Å². The number of carbonyl (C=O) groups excluding carboxylic acids is 1. The van der Waals surface area contributed by atoms with Gasteiger partial charge < -0.3 is 10.4 Å². The first-order valence-electron chi connectivity index (χ1n) is 8.92. The van der Waals surface area contributed by atoms with Crippen LogP contribution in [0.4, 0.5) is 0 Å². The average molecular weight is 372 g/mol. The third-order valence-corrected chi connectivity index (χ3v) is 5.95. The predicted molar refractivity (Wildman–Crippen MR) is 106 cm³/mol. The molecule has 0 spiro atoms. The molecule has 2 aromatic heterocycles. The van der Waals surface area contributed by atoms with E-state index in [-0.39, 0.29) is 24.5 Å². The Balaban J connectivity index is 1.89. The third kappa shape index (κ3) is 3.52. The van der Waals surface area contributed by atoms with Gasteiger partial charge in [-0.15, -0.1) is 0 Å². The van der Waals surface area contributed by atoms with Crippen molar-refractivity contribution < 1.29 is 9.90 Å². The topological polar surface area (TPSA) is 67.2 Å². The summed E-state index contributed by atoms with van der Waals surface area (Å²) >= 11 is 1.57. The van der Waals surface area contributed by atoms with Crippen molar-refractivity contribution in [2.24, 2.45) is 5.92 Å². The smallest absolute Gasteiger partial charge is 0.251 e. The van der Waals surface area contributed by atoms with Gasteiger partial charge in [0.2, 0.25) is 0 Å². The Morgan fingerprint density at radius 3 is 2.58 bits per heavy atom. The first-order chi connectivity index (χ1) is 12.4. The van der Waals surface area contributed by atoms with Crippen molar-refractivity contribution in [1.82, 2.24) is 14.9 Å². The highest BCUT2D eigenvalue weighted by atomic mass is 32.1. The van der Waals surface area contributed by atoms with Gasteiger partial charge in [0.1, 0.15) is 0 Å². The van der Waals surface area contributed by atoms with E-state index >= 15 is 0 Å². The Kier molecular flexibility index (Phi) is 5.44. The fourth-order valence-electron chi connectivity index (χ4n) is 3.02. The van der Waals surface area contributed by atoms with Crippen LogP contribution in [0.3, 0.4) is 0 Å². The Bertz CT molecular complexity index is 909. The summed E-state index contributed by atoms with van der Waals surface area (Å²) in [5.41, 5.74) is 3.75. The van der Waals surface area contributed by atoms with Gasteiger partial charge in [-0.1, -0.05) is 31.6 Å². The van der Waals surface area contributed by atoms with Gasteiger partial charge in [-0.25, -0.2) is 4.98 Å². The predicted octanol–water partition coefficient (Wildman–Crippen LogP) is 3.84. The lowest BCUT2D eigenvalue weighted by Crippen LogP contribution is -2.41. The number of aliphatic hydroxyl groups excluding tert-OH is 1. The molecule has 2 atom stereocenters. The Labute approximate surface area is 157 Å². The molecule has 2 heterocycles. The van der Waals surface area contributed by atoms with E-state index in [1.165, 1.54) is 0 Å². The molecule has 0 bridgehead atoms. The summed E-state index contributed by atoms with van der Waals surface area (Å²) in [5.74, 6) is 0.0666. The molecule has 0 saturated heterocycles. The number of hydrogen-bond donors (Lipinski definition) is 2. The summed E-state index contributed by atoms with van der Waals surface area (Å²) in [6, 6.07) is 9.47. The molecular weight excluding hydrogens is 346 g/mol. The molecule has 0 unspecified atom stereocenters. The fraction of sp³-hybridized carbons (Fsp3) is 0.400. The van der Waals surface area contributed by atoms with Crippen molar-refractivity contribution in [3.8, 4) is 5.13 Å². The summed E-state index contributed by atoms with van der Waals surface area (Å²) in [5, 5.41) is 13.4. The van der Waals surface area contributed by atoms with Gasteiger partial charge in [0, 0.05) is 17.0 Å². The third-order valence-electron chi connectivity index (χ3n) is 4.95. The van der Waals surface area contributed by atoms with E-state index in [0.29, 0.717) is 5.56 Å². The molecule has 138 valence electrons. The zero-order valence-corrected chi connectivity index (χ0v) is 16.4. The Hall–Kier alpha value is -2.18. The molecular formula is C20H25N3O2S. The maximum atomic E-state index is 12.6. The summed E-state index contributed by atoms with van der Waals surface area (Å²) < 4.78 is 3.10. The van der Waals surface area contributed by atoms with Gasteiger partial charge in [-0.3, -0.25) is 9.36 Å². The van der Waals surface area contributed by atoms with Gasteiger partial charge in [0.15, 0.2) is 5.13 Å². The van der Waals surface area contributed by atoms with Crippen molar-refractivity contribution in [3.05, 3.63) is 47.3 Å². The van der Waals surface area contributed by atoms with Crippen LogP contribution in [0.15, 0.2) is 30.3 Å². The number of thiazole rings is 1. The maximum Gasteiger partial charge on any atom is 0.251 e. The lowest BCUT2D eigenvalue weighted by atomic mass is 9.99. The first-order valence-corrected chi connectivity index (χ1v) is 9.73. The lowest BCUT2D eigenvalue weighted by Gasteiger charge is -2.22. The SMILES string of the molecule is CC[C@@H](C)[C@H](CO)NC(=O)c1ccc2nc(-n3c(C)ccc3C)sc2c1. The van der Waals surface area contributed by atoms with Crippen LogP contribution in [0, 0.1) is 19.8 Å². The maximum absolute atomic E-state index is 12.6. The number of aliphatic hydroxyl groups is 1. The van der Waals surface area contributed by atoms with Crippen LogP contribution in [0.25, 0.3) is 15.3 Å². The van der Waals surface area contributed by atoms with Crippen molar-refractivity contribution in [2.45, 2.75) is 40.2 Å². The summed E-state index contributed by atoms with van der Waals surface area (Å²) in [6.45, 7) is 8.14. The highest BCUT2D eigenvalue weighted by Crippen LogP contribution is 2.28. The Morgan fingerprint density at radius 2 is 1.96 bits per heavy atom. The van der Waals surface area contributed by atoms with Crippen LogP contribution in [-0.4, -0.2) is 33.2 Å². The van der Waals surface area contributed by atoms with Gasteiger partial charge in [-0.05, 0) is 50.1 Å². The number of aryl methyl sites for hydroxylation is 2. The quantitative estimate of drug-likeness (QED) is 0.692.